The summed E-state index contributed by atoms with van der Waals surface area (Å²) in [5.74, 6) is 1.67. The van der Waals surface area contributed by atoms with Gasteiger partial charge in [0.15, 0.2) is 5.96 Å². The molecule has 0 aromatic carbocycles. The van der Waals surface area contributed by atoms with Crippen LogP contribution in [0.25, 0.3) is 0 Å². The van der Waals surface area contributed by atoms with E-state index in [0.29, 0.717) is 0 Å². The van der Waals surface area contributed by atoms with Crippen molar-refractivity contribution in [1.29, 1.82) is 0 Å². The average molecular weight is 397 g/mol. The predicted octanol–water partition coefficient (Wildman–Crippen LogP) is 3.02. The van der Waals surface area contributed by atoms with E-state index in [9.17, 15) is 0 Å². The van der Waals surface area contributed by atoms with Crippen molar-refractivity contribution in [3.05, 3.63) is 0 Å². The predicted molar refractivity (Wildman–Crippen MR) is 97.0 cm³/mol. The zero-order valence-corrected chi connectivity index (χ0v) is 15.8. The molecular weight excluding hydrogens is 365 g/mol. The van der Waals surface area contributed by atoms with Gasteiger partial charge in [0.2, 0.25) is 0 Å². The fourth-order valence-electron chi connectivity index (χ4n) is 2.25. The number of unbranched alkanes of at least 4 members (excludes halogenated alkanes) is 1. The molecule has 0 amide bonds. The van der Waals surface area contributed by atoms with Crippen LogP contribution in [0.3, 0.4) is 0 Å². The van der Waals surface area contributed by atoms with Crippen LogP contribution in [0.4, 0.5) is 0 Å². The maximum Gasteiger partial charge on any atom is 0.191 e. The van der Waals surface area contributed by atoms with Gasteiger partial charge in [-0.3, -0.25) is 4.99 Å². The third kappa shape index (κ3) is 7.11. The molecule has 5 heteroatoms. The normalized spacial score (nSPS) is 18.7. The maximum absolute atomic E-state index is 5.26. The van der Waals surface area contributed by atoms with Gasteiger partial charge >= 0.3 is 0 Å². The van der Waals surface area contributed by atoms with Gasteiger partial charge in [-0.05, 0) is 12.3 Å². The van der Waals surface area contributed by atoms with Crippen LogP contribution >= 0.6 is 24.0 Å². The number of aliphatic imine (C=N–C) groups is 1. The van der Waals surface area contributed by atoms with Gasteiger partial charge in [0.05, 0.1) is 13.2 Å². The summed E-state index contributed by atoms with van der Waals surface area (Å²) in [6, 6.07) is 0. The Kier molecular flexibility index (Phi) is 10.6. The van der Waals surface area contributed by atoms with Crippen LogP contribution in [-0.2, 0) is 4.74 Å². The van der Waals surface area contributed by atoms with Gasteiger partial charge in [0, 0.05) is 25.6 Å². The number of guanidine groups is 1. The molecule has 1 aliphatic rings. The maximum atomic E-state index is 5.26. The first kappa shape index (κ1) is 20.0. The van der Waals surface area contributed by atoms with Gasteiger partial charge in [0.1, 0.15) is 0 Å². The molecule has 1 rings (SSSR count). The van der Waals surface area contributed by atoms with E-state index in [1.807, 2.05) is 7.05 Å². The number of halogens is 1. The van der Waals surface area contributed by atoms with Crippen LogP contribution < -0.4 is 10.6 Å². The van der Waals surface area contributed by atoms with Crippen molar-refractivity contribution in [2.24, 2.45) is 16.3 Å². The number of hydrogen-bond acceptors (Lipinski definition) is 2. The molecule has 0 saturated carbocycles. The van der Waals surface area contributed by atoms with Crippen LogP contribution in [-0.4, -0.2) is 39.3 Å². The Morgan fingerprint density at radius 3 is 2.45 bits per heavy atom. The minimum atomic E-state index is 0. The lowest BCUT2D eigenvalue weighted by atomic mass is 9.89. The zero-order chi connectivity index (χ0) is 14.1. The van der Waals surface area contributed by atoms with Crippen molar-refractivity contribution in [3.63, 3.8) is 0 Å². The molecule has 1 aliphatic heterocycles. The van der Waals surface area contributed by atoms with Crippen LogP contribution in [0, 0.1) is 11.3 Å². The van der Waals surface area contributed by atoms with Gasteiger partial charge in [0.25, 0.3) is 0 Å². The van der Waals surface area contributed by atoms with E-state index < -0.39 is 0 Å². The fourth-order valence-corrected chi connectivity index (χ4v) is 2.25. The Morgan fingerprint density at radius 1 is 1.30 bits per heavy atom. The molecule has 120 valence electrons. The summed E-state index contributed by atoms with van der Waals surface area (Å²) in [6.45, 7) is 10.4. The Labute approximate surface area is 141 Å². The van der Waals surface area contributed by atoms with Crippen LogP contribution in [0.1, 0.15) is 46.5 Å². The van der Waals surface area contributed by atoms with Crippen molar-refractivity contribution in [2.45, 2.75) is 46.5 Å². The Bertz CT molecular complexity index is 280. The standard InChI is InChI=1S/C15H31N3O.HI/c1-5-7-8-13(6-2)9-17-14(16-4)18-10-15(3)11-19-12-15;/h13H,5-12H2,1-4H3,(H2,16,17,18);1H. The molecule has 4 nitrogen and oxygen atoms in total. The fraction of sp³-hybridized carbons (Fsp3) is 0.933. The Morgan fingerprint density at radius 2 is 2.00 bits per heavy atom. The molecule has 0 aliphatic carbocycles. The van der Waals surface area contributed by atoms with E-state index in [2.05, 4.69) is 36.4 Å². The summed E-state index contributed by atoms with van der Waals surface area (Å²) in [4.78, 5) is 4.29. The molecule has 1 saturated heterocycles. The monoisotopic (exact) mass is 397 g/mol. The molecule has 0 spiro atoms. The third-order valence-electron chi connectivity index (χ3n) is 3.91. The van der Waals surface area contributed by atoms with Crippen molar-refractivity contribution in [3.8, 4) is 0 Å². The molecule has 0 aromatic rings. The third-order valence-corrected chi connectivity index (χ3v) is 3.91. The van der Waals surface area contributed by atoms with Crippen molar-refractivity contribution in [1.82, 2.24) is 10.6 Å². The van der Waals surface area contributed by atoms with E-state index in [1.54, 1.807) is 0 Å². The van der Waals surface area contributed by atoms with Gasteiger partial charge in [-0.1, -0.05) is 40.0 Å². The highest BCUT2D eigenvalue weighted by Gasteiger charge is 2.33. The lowest BCUT2D eigenvalue weighted by molar-refractivity contribution is -0.0971. The number of ether oxygens (including phenoxy) is 1. The molecule has 20 heavy (non-hydrogen) atoms. The Hall–Kier alpha value is -0.0400. The topological polar surface area (TPSA) is 45.7 Å². The van der Waals surface area contributed by atoms with Gasteiger partial charge < -0.3 is 15.4 Å². The molecule has 1 fully saturated rings. The summed E-state index contributed by atoms with van der Waals surface area (Å²) in [6.07, 6.45) is 5.14. The second kappa shape index (κ2) is 10.7. The average Bonchev–Trinajstić information content (AvgIpc) is 2.40. The zero-order valence-electron chi connectivity index (χ0n) is 13.5. The number of nitrogens with zero attached hydrogens (tertiary/aromatic N) is 1. The molecule has 2 N–H and O–H groups in total. The van der Waals surface area contributed by atoms with Crippen LogP contribution in [0.5, 0.6) is 0 Å². The number of hydrogen-bond donors (Lipinski definition) is 2. The van der Waals surface area contributed by atoms with E-state index in [4.69, 9.17) is 4.74 Å². The first-order chi connectivity index (χ1) is 9.13. The minimum Gasteiger partial charge on any atom is -0.380 e. The van der Waals surface area contributed by atoms with Gasteiger partial charge in [-0.25, -0.2) is 0 Å². The highest BCUT2D eigenvalue weighted by Crippen LogP contribution is 2.24. The molecule has 1 heterocycles. The first-order valence-corrected chi connectivity index (χ1v) is 7.65. The minimum absolute atomic E-state index is 0. The van der Waals surface area contributed by atoms with Gasteiger partial charge in [-0.15, -0.1) is 24.0 Å². The van der Waals surface area contributed by atoms with E-state index in [-0.39, 0.29) is 29.4 Å². The lowest BCUT2D eigenvalue weighted by Gasteiger charge is -2.38. The van der Waals surface area contributed by atoms with E-state index in [1.165, 1.54) is 25.7 Å². The molecule has 0 bridgehead atoms. The quantitative estimate of drug-likeness (QED) is 0.376. The van der Waals surface area contributed by atoms with E-state index in [0.717, 1.165) is 38.2 Å². The van der Waals surface area contributed by atoms with Gasteiger partial charge in [-0.2, -0.15) is 0 Å². The van der Waals surface area contributed by atoms with Crippen LogP contribution in [0.2, 0.25) is 0 Å². The summed E-state index contributed by atoms with van der Waals surface area (Å²) >= 11 is 0. The summed E-state index contributed by atoms with van der Waals surface area (Å²) < 4.78 is 5.26. The number of nitrogens with one attached hydrogen (secondary N) is 2. The Balaban J connectivity index is 0.00000361. The second-order valence-electron chi connectivity index (χ2n) is 6.03. The first-order valence-electron chi connectivity index (χ1n) is 7.65. The van der Waals surface area contributed by atoms with Crippen molar-refractivity contribution < 1.29 is 4.74 Å². The molecule has 1 atom stereocenters. The highest BCUT2D eigenvalue weighted by molar-refractivity contribution is 14.0. The second-order valence-corrected chi connectivity index (χ2v) is 6.03. The van der Waals surface area contributed by atoms with E-state index >= 15 is 0 Å². The molecule has 1 unspecified atom stereocenters. The molecular formula is C15H32IN3O. The van der Waals surface area contributed by atoms with Crippen molar-refractivity contribution in [2.75, 3.05) is 33.4 Å². The smallest absolute Gasteiger partial charge is 0.191 e. The molecule has 0 radical (unpaired) electrons. The summed E-state index contributed by atoms with van der Waals surface area (Å²) in [5, 5.41) is 6.85. The molecule has 0 aromatic heterocycles. The summed E-state index contributed by atoms with van der Waals surface area (Å²) in [7, 11) is 1.84. The lowest BCUT2D eigenvalue weighted by Crippen LogP contribution is -2.51. The largest absolute Gasteiger partial charge is 0.380 e. The van der Waals surface area contributed by atoms with Crippen molar-refractivity contribution >= 4 is 29.9 Å². The highest BCUT2D eigenvalue weighted by atomic mass is 127. The SMILES string of the molecule is CCCCC(CC)CNC(=NC)NCC1(C)COC1.I. The summed E-state index contributed by atoms with van der Waals surface area (Å²) in [5.41, 5.74) is 0.282. The number of rotatable bonds is 8. The van der Waals surface area contributed by atoms with Crippen LogP contribution in [0.15, 0.2) is 4.99 Å².